The van der Waals surface area contributed by atoms with Crippen LogP contribution >= 0.6 is 11.3 Å². The van der Waals surface area contributed by atoms with Crippen molar-refractivity contribution in [1.29, 1.82) is 0 Å². The van der Waals surface area contributed by atoms with Gasteiger partial charge in [-0.3, -0.25) is 4.90 Å². The lowest BCUT2D eigenvalue weighted by molar-refractivity contribution is 0.176. The van der Waals surface area contributed by atoms with Crippen molar-refractivity contribution >= 4 is 23.1 Å². The van der Waals surface area contributed by atoms with Gasteiger partial charge >= 0.3 is 6.03 Å². The van der Waals surface area contributed by atoms with E-state index in [9.17, 15) is 4.79 Å². The van der Waals surface area contributed by atoms with Gasteiger partial charge < -0.3 is 20.1 Å². The van der Waals surface area contributed by atoms with Crippen molar-refractivity contribution in [3.63, 3.8) is 0 Å². The standard InChI is InChI=1S/C24H27N3O3S/c1-29-21-11-20(12-22(13-21)30-2)26-24(28)25-14-23(19-8-10-31-16-19)27-9-7-17-5-3-4-6-18(17)15-27/h3-6,8,10-13,16,23H,7,9,14-15H2,1-2H3,(H2,25,26,28). The molecule has 0 fully saturated rings. The number of methoxy groups -OCH3 is 2. The zero-order valence-corrected chi connectivity index (χ0v) is 18.6. The molecule has 1 aromatic heterocycles. The molecule has 1 atom stereocenters. The van der Waals surface area contributed by atoms with Crippen LogP contribution in [0.25, 0.3) is 0 Å². The Kier molecular flexibility index (Phi) is 6.74. The second-order valence-electron chi connectivity index (χ2n) is 7.50. The molecule has 4 rings (SSSR count). The number of carbonyl (C=O) groups is 1. The summed E-state index contributed by atoms with van der Waals surface area (Å²) in [5.74, 6) is 1.25. The van der Waals surface area contributed by atoms with E-state index >= 15 is 0 Å². The first kappa shape index (κ1) is 21.2. The van der Waals surface area contributed by atoms with Crippen molar-refractivity contribution in [3.05, 3.63) is 76.0 Å². The highest BCUT2D eigenvalue weighted by atomic mass is 32.1. The fourth-order valence-corrected chi connectivity index (χ4v) is 4.66. The molecule has 6 nitrogen and oxygen atoms in total. The lowest BCUT2D eigenvalue weighted by atomic mass is 9.97. The lowest BCUT2D eigenvalue weighted by Gasteiger charge is -2.35. The maximum atomic E-state index is 12.6. The second-order valence-corrected chi connectivity index (χ2v) is 8.28. The third-order valence-electron chi connectivity index (χ3n) is 5.59. The van der Waals surface area contributed by atoms with E-state index in [0.29, 0.717) is 23.7 Å². The summed E-state index contributed by atoms with van der Waals surface area (Å²) in [5.41, 5.74) is 4.63. The first-order valence-corrected chi connectivity index (χ1v) is 11.2. The average molecular weight is 438 g/mol. The molecule has 0 spiro atoms. The topological polar surface area (TPSA) is 62.8 Å². The van der Waals surface area contributed by atoms with Gasteiger partial charge in [0.1, 0.15) is 11.5 Å². The number of ether oxygens (including phenoxy) is 2. The summed E-state index contributed by atoms with van der Waals surface area (Å²) < 4.78 is 10.6. The molecule has 0 aliphatic carbocycles. The van der Waals surface area contributed by atoms with E-state index in [2.05, 4.69) is 56.6 Å². The fourth-order valence-electron chi connectivity index (χ4n) is 3.95. The number of fused-ring (bicyclic) bond motifs is 1. The largest absolute Gasteiger partial charge is 0.497 e. The molecular weight excluding hydrogens is 410 g/mol. The van der Waals surface area contributed by atoms with Crippen LogP contribution in [-0.2, 0) is 13.0 Å². The zero-order valence-electron chi connectivity index (χ0n) is 17.8. The van der Waals surface area contributed by atoms with Gasteiger partial charge in [0.25, 0.3) is 0 Å². The van der Waals surface area contributed by atoms with Gasteiger partial charge in [-0.1, -0.05) is 24.3 Å². The fraction of sp³-hybridized carbons (Fsp3) is 0.292. The molecule has 2 heterocycles. The Balaban J connectivity index is 1.43. The monoisotopic (exact) mass is 437 g/mol. The molecule has 1 unspecified atom stereocenters. The van der Waals surface area contributed by atoms with Crippen molar-refractivity contribution in [1.82, 2.24) is 10.2 Å². The average Bonchev–Trinajstić information content (AvgIpc) is 3.33. The second kappa shape index (κ2) is 9.85. The maximum Gasteiger partial charge on any atom is 0.319 e. The zero-order chi connectivity index (χ0) is 21.6. The van der Waals surface area contributed by atoms with Crippen LogP contribution in [0, 0.1) is 0 Å². The van der Waals surface area contributed by atoms with Crippen LogP contribution in [-0.4, -0.2) is 38.2 Å². The molecular formula is C24H27N3O3S. The molecule has 0 saturated heterocycles. The van der Waals surface area contributed by atoms with Gasteiger partial charge in [0, 0.05) is 43.5 Å². The Bertz CT molecular complexity index is 1000. The predicted octanol–water partition coefficient (Wildman–Crippen LogP) is 4.69. The Morgan fingerprint density at radius 1 is 1.10 bits per heavy atom. The number of carbonyl (C=O) groups excluding carboxylic acids is 1. The van der Waals surface area contributed by atoms with Crippen LogP contribution in [0.5, 0.6) is 11.5 Å². The molecule has 2 N–H and O–H groups in total. The molecule has 162 valence electrons. The van der Waals surface area contributed by atoms with E-state index in [0.717, 1.165) is 19.5 Å². The van der Waals surface area contributed by atoms with E-state index in [1.54, 1.807) is 43.8 Å². The highest BCUT2D eigenvalue weighted by Crippen LogP contribution is 2.29. The van der Waals surface area contributed by atoms with Crippen LogP contribution in [0.15, 0.2) is 59.3 Å². The van der Waals surface area contributed by atoms with Crippen molar-refractivity contribution in [2.24, 2.45) is 0 Å². The normalized spacial score (nSPS) is 14.4. The molecule has 0 bridgehead atoms. The van der Waals surface area contributed by atoms with Gasteiger partial charge in [-0.2, -0.15) is 11.3 Å². The molecule has 2 amide bonds. The Morgan fingerprint density at radius 2 is 1.84 bits per heavy atom. The number of hydrogen-bond donors (Lipinski definition) is 2. The van der Waals surface area contributed by atoms with Crippen LogP contribution in [0.2, 0.25) is 0 Å². The summed E-state index contributed by atoms with van der Waals surface area (Å²) in [4.78, 5) is 15.1. The smallest absolute Gasteiger partial charge is 0.319 e. The van der Waals surface area contributed by atoms with Gasteiger partial charge in [0.2, 0.25) is 0 Å². The highest BCUT2D eigenvalue weighted by molar-refractivity contribution is 7.08. The molecule has 1 aliphatic heterocycles. The molecule has 31 heavy (non-hydrogen) atoms. The van der Waals surface area contributed by atoms with E-state index in [-0.39, 0.29) is 12.1 Å². The molecule has 3 aromatic rings. The maximum absolute atomic E-state index is 12.6. The summed E-state index contributed by atoms with van der Waals surface area (Å²) >= 11 is 1.68. The summed E-state index contributed by atoms with van der Waals surface area (Å²) in [5, 5.41) is 10.2. The minimum atomic E-state index is -0.257. The number of nitrogens with zero attached hydrogens (tertiary/aromatic N) is 1. The number of thiophene rings is 1. The molecule has 1 aliphatic rings. The number of anilines is 1. The van der Waals surface area contributed by atoms with Gasteiger partial charge in [-0.15, -0.1) is 0 Å². The van der Waals surface area contributed by atoms with Crippen LogP contribution < -0.4 is 20.1 Å². The predicted molar refractivity (Wildman–Crippen MR) is 124 cm³/mol. The lowest BCUT2D eigenvalue weighted by Crippen LogP contribution is -2.41. The van der Waals surface area contributed by atoms with E-state index in [4.69, 9.17) is 9.47 Å². The quantitative estimate of drug-likeness (QED) is 0.563. The Morgan fingerprint density at radius 3 is 2.52 bits per heavy atom. The molecule has 7 heteroatoms. The molecule has 0 saturated carbocycles. The van der Waals surface area contributed by atoms with E-state index in [1.807, 2.05) is 0 Å². The summed E-state index contributed by atoms with van der Waals surface area (Å²) in [7, 11) is 3.17. The number of benzene rings is 2. The highest BCUT2D eigenvalue weighted by Gasteiger charge is 2.25. The van der Waals surface area contributed by atoms with Crippen LogP contribution in [0.4, 0.5) is 10.5 Å². The summed E-state index contributed by atoms with van der Waals surface area (Å²) in [6.07, 6.45) is 1.02. The minimum Gasteiger partial charge on any atom is -0.497 e. The number of hydrogen-bond acceptors (Lipinski definition) is 5. The van der Waals surface area contributed by atoms with Crippen LogP contribution in [0.3, 0.4) is 0 Å². The molecule has 0 radical (unpaired) electrons. The Labute approximate surface area is 186 Å². The first-order chi connectivity index (χ1) is 15.2. The van der Waals surface area contributed by atoms with Crippen molar-refractivity contribution in [2.45, 2.75) is 19.0 Å². The SMILES string of the molecule is COc1cc(NC(=O)NCC(c2ccsc2)N2CCc3ccccc3C2)cc(OC)c1. The molecule has 2 aromatic carbocycles. The number of nitrogens with one attached hydrogen (secondary N) is 2. The third-order valence-corrected chi connectivity index (χ3v) is 6.30. The Hall–Kier alpha value is -3.03. The van der Waals surface area contributed by atoms with Gasteiger partial charge in [0.15, 0.2) is 0 Å². The first-order valence-electron chi connectivity index (χ1n) is 10.3. The van der Waals surface area contributed by atoms with E-state index < -0.39 is 0 Å². The summed E-state index contributed by atoms with van der Waals surface area (Å²) in [6.45, 7) is 2.37. The van der Waals surface area contributed by atoms with Crippen LogP contribution in [0.1, 0.15) is 22.7 Å². The van der Waals surface area contributed by atoms with Crippen molar-refractivity contribution < 1.29 is 14.3 Å². The van der Waals surface area contributed by atoms with Gasteiger partial charge in [-0.25, -0.2) is 4.79 Å². The summed E-state index contributed by atoms with van der Waals surface area (Å²) in [6, 6.07) is 15.9. The van der Waals surface area contributed by atoms with Gasteiger partial charge in [-0.05, 0) is 39.9 Å². The van der Waals surface area contributed by atoms with Gasteiger partial charge in [0.05, 0.1) is 20.3 Å². The number of rotatable bonds is 7. The number of urea groups is 1. The minimum absolute atomic E-state index is 0.116. The number of amides is 2. The van der Waals surface area contributed by atoms with Crippen molar-refractivity contribution in [2.75, 3.05) is 32.6 Å². The third kappa shape index (κ3) is 5.18. The van der Waals surface area contributed by atoms with E-state index in [1.165, 1.54) is 16.7 Å². The van der Waals surface area contributed by atoms with Crippen molar-refractivity contribution in [3.8, 4) is 11.5 Å².